The van der Waals surface area contributed by atoms with E-state index in [1.54, 1.807) is 6.07 Å². The van der Waals surface area contributed by atoms with Crippen molar-refractivity contribution in [2.45, 2.75) is 13.0 Å². The Hall–Kier alpha value is -3.71. The molecule has 29 heavy (non-hydrogen) atoms. The predicted molar refractivity (Wildman–Crippen MR) is 110 cm³/mol. The molecule has 1 aliphatic heterocycles. The van der Waals surface area contributed by atoms with E-state index < -0.39 is 0 Å². The van der Waals surface area contributed by atoms with Crippen LogP contribution in [0.4, 0.5) is 5.69 Å². The highest BCUT2D eigenvalue weighted by Crippen LogP contribution is 2.29. The molecule has 0 saturated carbocycles. The smallest absolute Gasteiger partial charge is 0.256 e. The van der Waals surface area contributed by atoms with Crippen LogP contribution in [0.15, 0.2) is 59.4 Å². The minimum atomic E-state index is -0.336. The molecule has 7 heteroatoms. The molecular formula is C22H18N4O3. The van der Waals surface area contributed by atoms with Gasteiger partial charge < -0.3 is 15.0 Å². The van der Waals surface area contributed by atoms with Crippen LogP contribution in [0.3, 0.4) is 0 Å². The summed E-state index contributed by atoms with van der Waals surface area (Å²) in [5.41, 5.74) is 5.15. The van der Waals surface area contributed by atoms with Gasteiger partial charge in [0, 0.05) is 45.9 Å². The quantitative estimate of drug-likeness (QED) is 0.503. The minimum Gasteiger partial charge on any atom is -0.376 e. The summed E-state index contributed by atoms with van der Waals surface area (Å²) < 4.78 is 5.56. The topological polar surface area (TPSA) is 99.9 Å². The Morgan fingerprint density at radius 3 is 2.93 bits per heavy atom. The van der Waals surface area contributed by atoms with Gasteiger partial charge in [-0.25, -0.2) is 0 Å². The van der Waals surface area contributed by atoms with Gasteiger partial charge in [0.1, 0.15) is 0 Å². The molecule has 0 spiro atoms. The molecule has 2 aromatic heterocycles. The molecule has 1 amide bonds. The Bertz CT molecular complexity index is 1290. The van der Waals surface area contributed by atoms with E-state index in [4.69, 9.17) is 4.74 Å². The number of hydrogen-bond acceptors (Lipinski definition) is 4. The lowest BCUT2D eigenvalue weighted by atomic mass is 10.0. The van der Waals surface area contributed by atoms with Gasteiger partial charge in [-0.15, -0.1) is 0 Å². The van der Waals surface area contributed by atoms with Crippen molar-refractivity contribution in [3.8, 4) is 11.3 Å². The third-order valence-electron chi connectivity index (χ3n) is 5.08. The lowest BCUT2D eigenvalue weighted by Gasteiger charge is -2.13. The summed E-state index contributed by atoms with van der Waals surface area (Å²) in [6.07, 6.45) is 0.814. The van der Waals surface area contributed by atoms with E-state index in [0.717, 1.165) is 28.9 Å². The van der Waals surface area contributed by atoms with Gasteiger partial charge in [0.25, 0.3) is 5.91 Å². The number of nitrogens with one attached hydrogen (secondary N) is 3. The van der Waals surface area contributed by atoms with Crippen LogP contribution in [0.25, 0.3) is 22.2 Å². The summed E-state index contributed by atoms with van der Waals surface area (Å²) in [5, 5.41) is 11.1. The molecule has 0 aliphatic carbocycles. The van der Waals surface area contributed by atoms with Crippen LogP contribution in [-0.4, -0.2) is 27.7 Å². The van der Waals surface area contributed by atoms with Crippen molar-refractivity contribution in [3.05, 3.63) is 81.8 Å². The number of fused-ring (bicyclic) bond motifs is 2. The van der Waals surface area contributed by atoms with Crippen LogP contribution in [0.2, 0.25) is 0 Å². The van der Waals surface area contributed by atoms with Crippen molar-refractivity contribution in [3.63, 3.8) is 0 Å². The highest BCUT2D eigenvalue weighted by molar-refractivity contribution is 6.12. The van der Waals surface area contributed by atoms with E-state index in [2.05, 4.69) is 20.5 Å². The zero-order valence-corrected chi connectivity index (χ0v) is 15.5. The maximum absolute atomic E-state index is 12.9. The van der Waals surface area contributed by atoms with Gasteiger partial charge in [0.15, 0.2) is 0 Å². The standard InChI is InChI=1S/C22H18N4O3/c27-20-11-16(15-6-1-2-7-18(15)24-20)22(28)23-14-5-3-4-13(10-14)21-17-12-29-9-8-19(17)25-26-21/h1-7,10-11H,8-9,12H2,(H,23,28)(H,24,27)(H,25,26). The van der Waals surface area contributed by atoms with Crippen molar-refractivity contribution in [2.75, 3.05) is 11.9 Å². The molecule has 3 heterocycles. The second-order valence-corrected chi connectivity index (χ2v) is 6.96. The summed E-state index contributed by atoms with van der Waals surface area (Å²) in [4.78, 5) is 27.6. The number of carbonyl (C=O) groups excluding carboxylic acids is 1. The van der Waals surface area contributed by atoms with E-state index in [-0.39, 0.29) is 11.5 Å². The van der Waals surface area contributed by atoms with Gasteiger partial charge in [-0.2, -0.15) is 5.10 Å². The Labute approximate surface area is 165 Å². The Balaban J connectivity index is 1.48. The van der Waals surface area contributed by atoms with E-state index >= 15 is 0 Å². The molecule has 7 nitrogen and oxygen atoms in total. The number of aromatic amines is 2. The average Bonchev–Trinajstić information content (AvgIpc) is 3.17. The first-order chi connectivity index (χ1) is 14.2. The Morgan fingerprint density at radius 2 is 2.00 bits per heavy atom. The molecule has 0 fully saturated rings. The third-order valence-corrected chi connectivity index (χ3v) is 5.08. The normalized spacial score (nSPS) is 13.2. The zero-order chi connectivity index (χ0) is 19.8. The number of pyridine rings is 1. The van der Waals surface area contributed by atoms with Crippen LogP contribution in [-0.2, 0) is 17.8 Å². The number of aromatic nitrogens is 3. The number of benzene rings is 2. The van der Waals surface area contributed by atoms with Crippen molar-refractivity contribution >= 4 is 22.5 Å². The molecule has 4 aromatic rings. The molecule has 0 radical (unpaired) electrons. The second-order valence-electron chi connectivity index (χ2n) is 6.96. The van der Waals surface area contributed by atoms with Gasteiger partial charge in [0.05, 0.1) is 24.5 Å². The summed E-state index contributed by atoms with van der Waals surface area (Å²) in [6, 6.07) is 16.1. The summed E-state index contributed by atoms with van der Waals surface area (Å²) in [6.45, 7) is 1.21. The SMILES string of the molecule is O=C(Nc1cccc(-c2n[nH]c3c2COCC3)c1)c1cc(=O)[nH]c2ccccc12. The second kappa shape index (κ2) is 7.03. The number of para-hydroxylation sites is 1. The molecule has 3 N–H and O–H groups in total. The lowest BCUT2D eigenvalue weighted by molar-refractivity contribution is 0.102. The van der Waals surface area contributed by atoms with Crippen LogP contribution >= 0.6 is 0 Å². The monoisotopic (exact) mass is 386 g/mol. The summed E-state index contributed by atoms with van der Waals surface area (Å²) in [7, 11) is 0. The number of anilines is 1. The highest BCUT2D eigenvalue weighted by Gasteiger charge is 2.19. The molecule has 0 unspecified atom stereocenters. The van der Waals surface area contributed by atoms with Gasteiger partial charge in [-0.05, 0) is 18.2 Å². The first kappa shape index (κ1) is 17.4. The number of rotatable bonds is 3. The van der Waals surface area contributed by atoms with Crippen molar-refractivity contribution < 1.29 is 9.53 Å². The minimum absolute atomic E-state index is 0.314. The van der Waals surface area contributed by atoms with Crippen LogP contribution in [0.1, 0.15) is 21.6 Å². The molecule has 0 bridgehead atoms. The van der Waals surface area contributed by atoms with E-state index in [1.807, 2.05) is 42.5 Å². The molecule has 5 rings (SSSR count). The van der Waals surface area contributed by atoms with Crippen molar-refractivity contribution in [1.29, 1.82) is 0 Å². The molecule has 144 valence electrons. The predicted octanol–water partition coefficient (Wildman–Crippen LogP) is 3.24. The molecule has 1 aliphatic rings. The van der Waals surface area contributed by atoms with Gasteiger partial charge in [-0.1, -0.05) is 30.3 Å². The number of nitrogens with zero attached hydrogens (tertiary/aromatic N) is 1. The fourth-order valence-corrected chi connectivity index (χ4v) is 3.69. The van der Waals surface area contributed by atoms with Gasteiger partial charge in [0.2, 0.25) is 5.56 Å². The Kier molecular flexibility index (Phi) is 4.22. The number of amides is 1. The molecular weight excluding hydrogens is 368 g/mol. The first-order valence-electron chi connectivity index (χ1n) is 9.37. The lowest BCUT2D eigenvalue weighted by Crippen LogP contribution is -2.16. The maximum Gasteiger partial charge on any atom is 0.256 e. The number of ether oxygens (including phenoxy) is 1. The largest absolute Gasteiger partial charge is 0.376 e. The van der Waals surface area contributed by atoms with Gasteiger partial charge >= 0.3 is 0 Å². The van der Waals surface area contributed by atoms with Crippen LogP contribution < -0.4 is 10.9 Å². The van der Waals surface area contributed by atoms with E-state index in [9.17, 15) is 9.59 Å². The van der Waals surface area contributed by atoms with Gasteiger partial charge in [-0.3, -0.25) is 14.7 Å². The maximum atomic E-state index is 12.9. The molecule has 2 aromatic carbocycles. The average molecular weight is 386 g/mol. The fourth-order valence-electron chi connectivity index (χ4n) is 3.69. The highest BCUT2D eigenvalue weighted by atomic mass is 16.5. The first-order valence-corrected chi connectivity index (χ1v) is 9.37. The van der Waals surface area contributed by atoms with Crippen LogP contribution in [0, 0.1) is 0 Å². The van der Waals surface area contributed by atoms with Crippen molar-refractivity contribution in [1.82, 2.24) is 15.2 Å². The number of hydrogen-bond donors (Lipinski definition) is 3. The molecule has 0 atom stereocenters. The summed E-state index contributed by atoms with van der Waals surface area (Å²) >= 11 is 0. The van der Waals surface area contributed by atoms with Crippen LogP contribution in [0.5, 0.6) is 0 Å². The third kappa shape index (κ3) is 3.21. The fraction of sp³-hybridized carbons (Fsp3) is 0.136. The summed E-state index contributed by atoms with van der Waals surface area (Å²) in [5.74, 6) is -0.336. The van der Waals surface area contributed by atoms with Crippen molar-refractivity contribution in [2.24, 2.45) is 0 Å². The Morgan fingerprint density at radius 1 is 1.10 bits per heavy atom. The van der Waals surface area contributed by atoms with E-state index in [0.29, 0.717) is 35.4 Å². The molecule has 0 saturated heterocycles. The van der Waals surface area contributed by atoms with E-state index in [1.165, 1.54) is 6.07 Å². The zero-order valence-electron chi connectivity index (χ0n) is 15.5. The number of carbonyl (C=O) groups is 1. The number of H-pyrrole nitrogens is 2.